The predicted octanol–water partition coefficient (Wildman–Crippen LogP) is 3.62. The van der Waals surface area contributed by atoms with Gasteiger partial charge in [0.1, 0.15) is 5.56 Å². The molecule has 2 aromatic carbocycles. The molecule has 0 fully saturated rings. The van der Waals surface area contributed by atoms with Crippen LogP contribution in [0, 0.1) is 10.1 Å². The van der Waals surface area contributed by atoms with Crippen LogP contribution in [0.5, 0.6) is 11.5 Å². The molecule has 0 atom stereocenters. The van der Waals surface area contributed by atoms with E-state index in [0.29, 0.717) is 12.2 Å². The maximum atomic E-state index is 12.7. The Hall–Kier alpha value is -3.99. The molecule has 0 saturated carbocycles. The summed E-state index contributed by atoms with van der Waals surface area (Å²) in [6.45, 7) is 1.88. The molecule has 0 unspecified atom stereocenters. The van der Waals surface area contributed by atoms with Crippen LogP contribution in [0.15, 0.2) is 41.8 Å². The van der Waals surface area contributed by atoms with Crippen molar-refractivity contribution in [3.63, 3.8) is 0 Å². The highest BCUT2D eigenvalue weighted by Crippen LogP contribution is 2.35. The molecule has 3 aromatic rings. The summed E-state index contributed by atoms with van der Waals surface area (Å²) >= 11 is 1.19. The predicted molar refractivity (Wildman–Crippen MR) is 119 cm³/mol. The van der Waals surface area contributed by atoms with Gasteiger partial charge in [0.05, 0.1) is 30.9 Å². The van der Waals surface area contributed by atoms with Crippen molar-refractivity contribution in [2.45, 2.75) is 13.5 Å². The highest BCUT2D eigenvalue weighted by atomic mass is 32.1. The summed E-state index contributed by atoms with van der Waals surface area (Å²) in [5.41, 5.74) is 1.82. The fourth-order valence-corrected chi connectivity index (χ4v) is 3.56. The largest absolute Gasteiger partial charge is 0.493 e. The third kappa shape index (κ3) is 5.19. The lowest BCUT2D eigenvalue weighted by atomic mass is 10.1. The molecule has 10 nitrogen and oxygen atoms in total. The molecule has 0 bridgehead atoms. The molecule has 1 aromatic heterocycles. The maximum absolute atomic E-state index is 12.7. The standard InChI is InChI=1S/C21H20N4O6S/c1-12(26)22-10-13-4-6-14(7-5-13)16-11-32-21(23-16)24-20(27)15-8-18(30-2)19(31-3)9-17(15)25(28)29/h4-9,11H,10H2,1-3H3,(H,22,26)(H,23,24,27). The monoisotopic (exact) mass is 456 g/mol. The molecule has 166 valence electrons. The minimum Gasteiger partial charge on any atom is -0.493 e. The summed E-state index contributed by atoms with van der Waals surface area (Å²) in [5.74, 6) is -0.454. The number of rotatable bonds is 8. The Morgan fingerprint density at radius 1 is 1.12 bits per heavy atom. The van der Waals surface area contributed by atoms with Crippen LogP contribution in [0.3, 0.4) is 0 Å². The van der Waals surface area contributed by atoms with Gasteiger partial charge in [0.15, 0.2) is 16.6 Å². The number of methoxy groups -OCH3 is 2. The number of benzene rings is 2. The van der Waals surface area contributed by atoms with Gasteiger partial charge in [-0.1, -0.05) is 24.3 Å². The van der Waals surface area contributed by atoms with E-state index in [1.54, 1.807) is 5.38 Å². The minimum atomic E-state index is -0.691. The fourth-order valence-electron chi connectivity index (χ4n) is 2.85. The first-order valence-electron chi connectivity index (χ1n) is 9.33. The number of amides is 2. The summed E-state index contributed by atoms with van der Waals surface area (Å²) in [6, 6.07) is 9.86. The van der Waals surface area contributed by atoms with Crippen molar-refractivity contribution < 1.29 is 24.0 Å². The molecule has 1 heterocycles. The number of nitro benzene ring substituents is 1. The van der Waals surface area contributed by atoms with Crippen molar-refractivity contribution in [3.05, 3.63) is 63.0 Å². The van der Waals surface area contributed by atoms with Crippen LogP contribution >= 0.6 is 11.3 Å². The molecule has 0 spiro atoms. The van der Waals surface area contributed by atoms with Crippen molar-refractivity contribution in [1.82, 2.24) is 10.3 Å². The zero-order chi connectivity index (χ0) is 23.3. The highest BCUT2D eigenvalue weighted by molar-refractivity contribution is 7.14. The van der Waals surface area contributed by atoms with Crippen LogP contribution in [-0.2, 0) is 11.3 Å². The number of carbonyl (C=O) groups is 2. The number of nitrogens with one attached hydrogen (secondary N) is 2. The average Bonchev–Trinajstić information content (AvgIpc) is 3.25. The average molecular weight is 456 g/mol. The zero-order valence-corrected chi connectivity index (χ0v) is 18.3. The van der Waals surface area contributed by atoms with Crippen molar-refractivity contribution in [1.29, 1.82) is 0 Å². The number of hydrogen-bond donors (Lipinski definition) is 2. The summed E-state index contributed by atoms with van der Waals surface area (Å²) < 4.78 is 10.2. The van der Waals surface area contributed by atoms with Gasteiger partial charge in [-0.15, -0.1) is 11.3 Å². The molecule has 0 aliphatic heterocycles. The van der Waals surface area contributed by atoms with Gasteiger partial charge in [-0.05, 0) is 5.56 Å². The fraction of sp³-hybridized carbons (Fsp3) is 0.190. The van der Waals surface area contributed by atoms with E-state index in [0.717, 1.165) is 17.2 Å². The van der Waals surface area contributed by atoms with Crippen LogP contribution in [0.4, 0.5) is 10.8 Å². The number of nitro groups is 1. The van der Waals surface area contributed by atoms with E-state index in [1.165, 1.54) is 38.5 Å². The van der Waals surface area contributed by atoms with Crippen LogP contribution < -0.4 is 20.1 Å². The van der Waals surface area contributed by atoms with Gasteiger partial charge in [-0.3, -0.25) is 25.0 Å². The van der Waals surface area contributed by atoms with Crippen molar-refractivity contribution >= 4 is 34.0 Å². The van der Waals surface area contributed by atoms with Crippen molar-refractivity contribution in [2.24, 2.45) is 0 Å². The Morgan fingerprint density at radius 3 is 2.38 bits per heavy atom. The van der Waals surface area contributed by atoms with E-state index in [1.807, 2.05) is 24.3 Å². The first-order chi connectivity index (χ1) is 15.3. The van der Waals surface area contributed by atoms with Crippen molar-refractivity contribution in [3.8, 4) is 22.8 Å². The topological polar surface area (TPSA) is 133 Å². The van der Waals surface area contributed by atoms with Gasteiger partial charge in [0, 0.05) is 30.5 Å². The number of carbonyl (C=O) groups excluding carboxylic acids is 2. The Bertz CT molecular complexity index is 1160. The number of anilines is 1. The van der Waals surface area contributed by atoms with Gasteiger partial charge in [0.2, 0.25) is 5.91 Å². The van der Waals surface area contributed by atoms with Gasteiger partial charge in [0.25, 0.3) is 11.6 Å². The minimum absolute atomic E-state index is 0.108. The van der Waals surface area contributed by atoms with Gasteiger partial charge < -0.3 is 14.8 Å². The molecule has 3 rings (SSSR count). The summed E-state index contributed by atoms with van der Waals surface area (Å²) in [7, 11) is 2.73. The molecular formula is C21H20N4O6S. The van der Waals surface area contributed by atoms with Crippen LogP contribution in [0.1, 0.15) is 22.8 Å². The van der Waals surface area contributed by atoms with Gasteiger partial charge in [-0.25, -0.2) is 4.98 Å². The lowest BCUT2D eigenvalue weighted by Gasteiger charge is -2.10. The SMILES string of the molecule is COc1cc(C(=O)Nc2nc(-c3ccc(CNC(C)=O)cc3)cs2)c([N+](=O)[O-])cc1OC. The van der Waals surface area contributed by atoms with Crippen LogP contribution in [0.25, 0.3) is 11.3 Å². The molecule has 0 radical (unpaired) electrons. The summed E-state index contributed by atoms with van der Waals surface area (Å²) in [4.78, 5) is 38.9. The van der Waals surface area contributed by atoms with Crippen molar-refractivity contribution in [2.75, 3.05) is 19.5 Å². The van der Waals surface area contributed by atoms with Crippen LogP contribution in [0.2, 0.25) is 0 Å². The highest BCUT2D eigenvalue weighted by Gasteiger charge is 2.25. The van der Waals surface area contributed by atoms with E-state index in [9.17, 15) is 19.7 Å². The molecular weight excluding hydrogens is 436 g/mol. The van der Waals surface area contributed by atoms with E-state index in [-0.39, 0.29) is 28.1 Å². The number of thiazole rings is 1. The smallest absolute Gasteiger partial charge is 0.286 e. The molecule has 0 aliphatic carbocycles. The summed E-state index contributed by atoms with van der Waals surface area (Å²) in [6.07, 6.45) is 0. The van der Waals surface area contributed by atoms with E-state index >= 15 is 0 Å². The van der Waals surface area contributed by atoms with E-state index < -0.39 is 16.5 Å². The lowest BCUT2D eigenvalue weighted by Crippen LogP contribution is -2.18. The first-order valence-corrected chi connectivity index (χ1v) is 10.2. The molecule has 32 heavy (non-hydrogen) atoms. The second kappa shape index (κ2) is 9.88. The van der Waals surface area contributed by atoms with Gasteiger partial charge >= 0.3 is 0 Å². The maximum Gasteiger partial charge on any atom is 0.286 e. The Labute approximate surface area is 187 Å². The Kier molecular flexibility index (Phi) is 7.00. The zero-order valence-electron chi connectivity index (χ0n) is 17.5. The summed E-state index contributed by atoms with van der Waals surface area (Å²) in [5, 5.41) is 18.8. The number of aromatic nitrogens is 1. The number of hydrogen-bond acceptors (Lipinski definition) is 8. The van der Waals surface area contributed by atoms with E-state index in [2.05, 4.69) is 15.6 Å². The normalized spacial score (nSPS) is 10.3. The van der Waals surface area contributed by atoms with Gasteiger partial charge in [-0.2, -0.15) is 0 Å². The second-order valence-corrected chi connectivity index (χ2v) is 7.44. The molecule has 11 heteroatoms. The number of nitrogens with zero attached hydrogens (tertiary/aromatic N) is 2. The molecule has 0 aliphatic rings. The van der Waals surface area contributed by atoms with Crippen LogP contribution in [-0.4, -0.2) is 35.9 Å². The molecule has 0 saturated heterocycles. The Balaban J connectivity index is 1.79. The van der Waals surface area contributed by atoms with E-state index in [4.69, 9.17) is 9.47 Å². The molecule has 2 N–H and O–H groups in total. The lowest BCUT2D eigenvalue weighted by molar-refractivity contribution is -0.385. The quantitative estimate of drug-likeness (QED) is 0.391. The third-order valence-electron chi connectivity index (χ3n) is 4.46. The second-order valence-electron chi connectivity index (χ2n) is 6.58. The number of ether oxygens (including phenoxy) is 2. The molecule has 2 amide bonds. The first kappa shape index (κ1) is 22.7. The third-order valence-corrected chi connectivity index (χ3v) is 5.22. The Morgan fingerprint density at radius 2 is 1.78 bits per heavy atom.